The highest BCUT2D eigenvalue weighted by Crippen LogP contribution is 2.36. The van der Waals surface area contributed by atoms with Gasteiger partial charge in [-0.05, 0) is 29.8 Å². The molecule has 1 heterocycles. The second kappa shape index (κ2) is 7.32. The number of nitrogen functional groups attached to an aromatic ring is 1. The first-order valence-electron chi connectivity index (χ1n) is 8.43. The van der Waals surface area contributed by atoms with Crippen LogP contribution in [0.15, 0.2) is 60.7 Å². The minimum atomic E-state index is -0.527. The van der Waals surface area contributed by atoms with Crippen molar-refractivity contribution in [1.29, 1.82) is 0 Å². The Hall–Kier alpha value is -3.38. The molecule has 0 bridgehead atoms. The molecule has 0 atom stereocenters. The van der Waals surface area contributed by atoms with Crippen LogP contribution in [0.2, 0.25) is 5.02 Å². The number of benzene rings is 3. The number of anilines is 1. The van der Waals surface area contributed by atoms with Crippen LogP contribution in [-0.2, 0) is 6.61 Å². The lowest BCUT2D eigenvalue weighted by Gasteiger charge is -2.12. The summed E-state index contributed by atoms with van der Waals surface area (Å²) in [5, 5.41) is 10.9. The van der Waals surface area contributed by atoms with E-state index in [1.807, 2.05) is 30.3 Å². The minimum Gasteiger partial charge on any atom is -0.504 e. The van der Waals surface area contributed by atoms with Gasteiger partial charge in [0.25, 0.3) is 0 Å². The van der Waals surface area contributed by atoms with Gasteiger partial charge >= 0.3 is 0 Å². The van der Waals surface area contributed by atoms with E-state index in [0.29, 0.717) is 22.2 Å². The maximum atomic E-state index is 13.5. The van der Waals surface area contributed by atoms with Crippen molar-refractivity contribution in [2.75, 3.05) is 5.73 Å². The number of phenols is 1. The van der Waals surface area contributed by atoms with Crippen molar-refractivity contribution in [3.8, 4) is 22.8 Å². The molecule has 0 aliphatic carbocycles. The lowest BCUT2D eigenvalue weighted by Crippen LogP contribution is -2.00. The van der Waals surface area contributed by atoms with Crippen LogP contribution >= 0.6 is 11.6 Å². The number of fused-ring (bicyclic) bond motifs is 1. The molecule has 1 aromatic heterocycles. The van der Waals surface area contributed by atoms with E-state index in [0.717, 1.165) is 5.56 Å². The molecule has 0 saturated carbocycles. The first kappa shape index (κ1) is 18.0. The monoisotopic (exact) mass is 395 g/mol. The fraction of sp³-hybridized carbons (Fsp3) is 0.0476. The summed E-state index contributed by atoms with van der Waals surface area (Å²) in [6, 6.07) is 17.0. The van der Waals surface area contributed by atoms with Crippen LogP contribution in [0.5, 0.6) is 11.5 Å². The molecular weight excluding hydrogens is 381 g/mol. The van der Waals surface area contributed by atoms with Gasteiger partial charge in [-0.15, -0.1) is 0 Å². The summed E-state index contributed by atoms with van der Waals surface area (Å²) in [5.41, 5.74) is 8.25. The molecule has 4 aromatic rings. The third-order valence-corrected chi connectivity index (χ3v) is 4.51. The van der Waals surface area contributed by atoms with Crippen LogP contribution in [0.3, 0.4) is 0 Å². The number of aromatic hydroxyl groups is 1. The van der Waals surface area contributed by atoms with Gasteiger partial charge in [-0.2, -0.15) is 0 Å². The number of phenolic OH excluding ortho intramolecular Hbond substituents is 1. The van der Waals surface area contributed by atoms with Crippen LogP contribution in [0.4, 0.5) is 10.3 Å². The predicted octanol–water partition coefficient (Wildman–Crippen LogP) is 4.96. The average molecular weight is 396 g/mol. The SMILES string of the molecule is Nc1nc(-c2ccc(F)c(Cl)c2)c2cc(OCc3ccccc3)c(O)cc2n1. The summed E-state index contributed by atoms with van der Waals surface area (Å²) < 4.78 is 19.3. The number of hydrogen-bond donors (Lipinski definition) is 2. The zero-order valence-corrected chi connectivity index (χ0v) is 15.3. The van der Waals surface area contributed by atoms with Crippen molar-refractivity contribution in [2.24, 2.45) is 0 Å². The van der Waals surface area contributed by atoms with Gasteiger partial charge in [-0.3, -0.25) is 0 Å². The third-order valence-electron chi connectivity index (χ3n) is 4.22. The molecule has 0 spiro atoms. The van der Waals surface area contributed by atoms with E-state index in [9.17, 15) is 9.50 Å². The summed E-state index contributed by atoms with van der Waals surface area (Å²) in [6.45, 7) is 0.285. The predicted molar refractivity (Wildman–Crippen MR) is 107 cm³/mol. The Morgan fingerprint density at radius 2 is 1.82 bits per heavy atom. The fourth-order valence-electron chi connectivity index (χ4n) is 2.88. The van der Waals surface area contributed by atoms with E-state index < -0.39 is 5.82 Å². The lowest BCUT2D eigenvalue weighted by atomic mass is 10.1. The van der Waals surface area contributed by atoms with Gasteiger partial charge < -0.3 is 15.6 Å². The van der Waals surface area contributed by atoms with Crippen molar-refractivity contribution in [3.63, 3.8) is 0 Å². The van der Waals surface area contributed by atoms with Gasteiger partial charge in [0.1, 0.15) is 12.4 Å². The van der Waals surface area contributed by atoms with Crippen molar-refractivity contribution in [1.82, 2.24) is 9.97 Å². The van der Waals surface area contributed by atoms with Crippen LogP contribution < -0.4 is 10.5 Å². The molecule has 0 radical (unpaired) electrons. The van der Waals surface area contributed by atoms with Crippen molar-refractivity contribution < 1.29 is 14.2 Å². The Balaban J connectivity index is 1.80. The number of halogens is 2. The van der Waals surface area contributed by atoms with E-state index >= 15 is 0 Å². The molecule has 28 heavy (non-hydrogen) atoms. The van der Waals surface area contributed by atoms with E-state index in [1.54, 1.807) is 12.1 Å². The van der Waals surface area contributed by atoms with Crippen molar-refractivity contribution in [3.05, 3.63) is 77.1 Å². The van der Waals surface area contributed by atoms with Crippen LogP contribution in [0, 0.1) is 5.82 Å². The quantitative estimate of drug-likeness (QED) is 0.510. The number of nitrogens with zero attached hydrogens (tertiary/aromatic N) is 2. The normalized spacial score (nSPS) is 10.9. The Morgan fingerprint density at radius 1 is 1.04 bits per heavy atom. The topological polar surface area (TPSA) is 81.3 Å². The summed E-state index contributed by atoms with van der Waals surface area (Å²) in [4.78, 5) is 8.45. The van der Waals surface area contributed by atoms with Gasteiger partial charge in [0, 0.05) is 17.0 Å². The molecule has 0 unspecified atom stereocenters. The Bertz CT molecular complexity index is 1170. The van der Waals surface area contributed by atoms with E-state index in [1.165, 1.54) is 18.2 Å². The average Bonchev–Trinajstić information content (AvgIpc) is 2.69. The highest BCUT2D eigenvalue weighted by molar-refractivity contribution is 6.31. The highest BCUT2D eigenvalue weighted by atomic mass is 35.5. The van der Waals surface area contributed by atoms with Gasteiger partial charge in [0.2, 0.25) is 5.95 Å². The van der Waals surface area contributed by atoms with Crippen molar-refractivity contribution >= 4 is 28.5 Å². The molecule has 0 amide bonds. The number of nitrogens with two attached hydrogens (primary N) is 1. The molecule has 0 saturated heterocycles. The number of hydrogen-bond acceptors (Lipinski definition) is 5. The first-order valence-corrected chi connectivity index (χ1v) is 8.81. The van der Waals surface area contributed by atoms with Crippen LogP contribution in [0.25, 0.3) is 22.2 Å². The molecule has 0 aliphatic heterocycles. The van der Waals surface area contributed by atoms with Gasteiger partial charge in [0.05, 0.1) is 16.2 Å². The smallest absolute Gasteiger partial charge is 0.221 e. The Kier molecular flexibility index (Phi) is 4.71. The summed E-state index contributed by atoms with van der Waals surface area (Å²) >= 11 is 5.91. The molecule has 140 valence electrons. The zero-order valence-electron chi connectivity index (χ0n) is 14.6. The number of rotatable bonds is 4. The Morgan fingerprint density at radius 3 is 2.57 bits per heavy atom. The highest BCUT2D eigenvalue weighted by Gasteiger charge is 2.15. The standard InChI is InChI=1S/C21H15ClFN3O2/c22-15-8-13(6-7-16(15)23)20-14-9-19(28-11-12-4-2-1-3-5-12)18(27)10-17(14)25-21(24)26-20/h1-10,27H,11H2,(H2,24,25,26). The van der Waals surface area contributed by atoms with E-state index in [-0.39, 0.29) is 29.1 Å². The van der Waals surface area contributed by atoms with E-state index in [2.05, 4.69) is 9.97 Å². The molecule has 0 aliphatic rings. The lowest BCUT2D eigenvalue weighted by molar-refractivity contribution is 0.289. The van der Waals surface area contributed by atoms with Crippen LogP contribution in [-0.4, -0.2) is 15.1 Å². The van der Waals surface area contributed by atoms with Gasteiger partial charge in [-0.1, -0.05) is 41.9 Å². The van der Waals surface area contributed by atoms with E-state index in [4.69, 9.17) is 22.1 Å². The molecule has 3 aromatic carbocycles. The first-order chi connectivity index (χ1) is 13.5. The molecule has 5 nitrogen and oxygen atoms in total. The summed E-state index contributed by atoms with van der Waals surface area (Å²) in [7, 11) is 0. The second-order valence-electron chi connectivity index (χ2n) is 6.17. The zero-order chi connectivity index (χ0) is 19.7. The molecular formula is C21H15ClFN3O2. The largest absolute Gasteiger partial charge is 0.504 e. The molecule has 3 N–H and O–H groups in total. The molecule has 7 heteroatoms. The molecule has 0 fully saturated rings. The second-order valence-corrected chi connectivity index (χ2v) is 6.58. The third kappa shape index (κ3) is 3.54. The number of ether oxygens (including phenoxy) is 1. The maximum Gasteiger partial charge on any atom is 0.221 e. The summed E-state index contributed by atoms with van der Waals surface area (Å²) in [6.07, 6.45) is 0. The van der Waals surface area contributed by atoms with Crippen molar-refractivity contribution in [2.45, 2.75) is 6.61 Å². The van der Waals surface area contributed by atoms with Gasteiger partial charge in [-0.25, -0.2) is 14.4 Å². The summed E-state index contributed by atoms with van der Waals surface area (Å²) in [5.74, 6) is -0.287. The van der Waals surface area contributed by atoms with Gasteiger partial charge in [0.15, 0.2) is 11.5 Å². The fourth-order valence-corrected chi connectivity index (χ4v) is 3.06. The minimum absolute atomic E-state index is 0.0258. The Labute approximate surface area is 165 Å². The number of aromatic nitrogens is 2. The molecule has 4 rings (SSSR count). The van der Waals surface area contributed by atoms with Crippen LogP contribution in [0.1, 0.15) is 5.56 Å². The maximum absolute atomic E-state index is 13.5.